The van der Waals surface area contributed by atoms with Gasteiger partial charge in [0.05, 0.1) is 18.0 Å². The van der Waals surface area contributed by atoms with Crippen LogP contribution in [0.5, 0.6) is 6.01 Å². The normalized spacial score (nSPS) is 11.9. The summed E-state index contributed by atoms with van der Waals surface area (Å²) < 4.78 is 7.07. The zero-order valence-corrected chi connectivity index (χ0v) is 21.8. The molecule has 0 saturated carbocycles. The number of rotatable bonds is 7. The monoisotopic (exact) mass is 531 g/mol. The summed E-state index contributed by atoms with van der Waals surface area (Å²) in [6, 6.07) is 18.4. The van der Waals surface area contributed by atoms with Gasteiger partial charge in [0.1, 0.15) is 23.2 Å². The van der Waals surface area contributed by atoms with Crippen molar-refractivity contribution >= 4 is 27.6 Å². The molecular formula is C30H25N7O3. The number of anilines is 1. The first-order valence-electron chi connectivity index (χ1n) is 12.8. The van der Waals surface area contributed by atoms with E-state index in [4.69, 9.17) is 4.74 Å². The van der Waals surface area contributed by atoms with Crippen molar-refractivity contribution in [3.63, 3.8) is 0 Å². The number of nitrogens with one attached hydrogen (secondary N) is 2. The van der Waals surface area contributed by atoms with Crippen molar-refractivity contribution in [1.29, 1.82) is 0 Å². The zero-order chi connectivity index (χ0) is 27.6. The number of pyridine rings is 2. The molecule has 4 heterocycles. The van der Waals surface area contributed by atoms with E-state index in [1.54, 1.807) is 23.2 Å². The number of fused-ring (bicyclic) bond motifs is 2. The van der Waals surface area contributed by atoms with E-state index in [1.165, 1.54) is 12.4 Å². The number of para-hydroxylation sites is 1. The van der Waals surface area contributed by atoms with Gasteiger partial charge in [0.15, 0.2) is 5.43 Å². The molecule has 0 fully saturated rings. The van der Waals surface area contributed by atoms with Crippen molar-refractivity contribution in [2.24, 2.45) is 0 Å². The third-order valence-corrected chi connectivity index (χ3v) is 6.65. The van der Waals surface area contributed by atoms with Crippen molar-refractivity contribution in [2.45, 2.75) is 19.9 Å². The minimum Gasteiger partial charge on any atom is -0.464 e. The summed E-state index contributed by atoms with van der Waals surface area (Å²) in [5.41, 5.74) is 2.86. The summed E-state index contributed by atoms with van der Waals surface area (Å²) in [4.78, 5) is 47.1. The van der Waals surface area contributed by atoms with Gasteiger partial charge in [0, 0.05) is 41.6 Å². The fourth-order valence-electron chi connectivity index (χ4n) is 4.84. The summed E-state index contributed by atoms with van der Waals surface area (Å²) in [5.74, 6) is 0.381. The highest BCUT2D eigenvalue weighted by Crippen LogP contribution is 2.30. The molecule has 10 nitrogen and oxygen atoms in total. The van der Waals surface area contributed by atoms with E-state index in [9.17, 15) is 9.59 Å². The Hall–Kier alpha value is -5.38. The number of nitrogens with zero attached hydrogens (tertiary/aromatic N) is 5. The van der Waals surface area contributed by atoms with E-state index in [0.29, 0.717) is 45.8 Å². The first kappa shape index (κ1) is 24.9. The summed E-state index contributed by atoms with van der Waals surface area (Å²) in [6.45, 7) is 4.26. The fraction of sp³-hybridized carbons (Fsp3) is 0.133. The second-order valence-electron chi connectivity index (χ2n) is 9.16. The molecule has 0 spiro atoms. The van der Waals surface area contributed by atoms with E-state index in [-0.39, 0.29) is 17.0 Å². The van der Waals surface area contributed by atoms with Gasteiger partial charge in [0.2, 0.25) is 0 Å². The maximum Gasteiger partial charge on any atom is 0.316 e. The van der Waals surface area contributed by atoms with E-state index >= 15 is 0 Å². The first-order valence-corrected chi connectivity index (χ1v) is 12.8. The molecule has 2 N–H and O–H groups in total. The van der Waals surface area contributed by atoms with E-state index in [2.05, 4.69) is 30.2 Å². The van der Waals surface area contributed by atoms with Crippen LogP contribution >= 0.6 is 0 Å². The molecule has 2 aromatic carbocycles. The Morgan fingerprint density at radius 1 is 0.950 bits per heavy atom. The van der Waals surface area contributed by atoms with Crippen molar-refractivity contribution in [3.8, 4) is 22.8 Å². The number of ether oxygens (including phenoxy) is 1. The van der Waals surface area contributed by atoms with Crippen molar-refractivity contribution in [1.82, 2.24) is 29.5 Å². The largest absolute Gasteiger partial charge is 0.464 e. The molecule has 0 aliphatic rings. The Kier molecular flexibility index (Phi) is 6.49. The molecule has 0 bridgehead atoms. The predicted molar refractivity (Wildman–Crippen MR) is 154 cm³/mol. The molecule has 198 valence electrons. The lowest BCUT2D eigenvalue weighted by Gasteiger charge is -2.22. The van der Waals surface area contributed by atoms with Crippen LogP contribution in [0.2, 0.25) is 0 Å². The maximum atomic E-state index is 14.3. The van der Waals surface area contributed by atoms with Crippen LogP contribution in [0.4, 0.5) is 5.82 Å². The lowest BCUT2D eigenvalue weighted by molar-refractivity contribution is 0.312. The lowest BCUT2D eigenvalue weighted by atomic mass is 9.99. The van der Waals surface area contributed by atoms with Gasteiger partial charge >= 0.3 is 6.01 Å². The average molecular weight is 532 g/mol. The molecule has 0 amide bonds. The van der Waals surface area contributed by atoms with Gasteiger partial charge in [0.25, 0.3) is 5.56 Å². The van der Waals surface area contributed by atoms with Gasteiger partial charge in [-0.05, 0) is 43.0 Å². The van der Waals surface area contributed by atoms with Crippen LogP contribution in [0, 0.1) is 0 Å². The molecule has 6 rings (SSSR count). The number of aromatic amines is 1. The van der Waals surface area contributed by atoms with Crippen molar-refractivity contribution < 1.29 is 4.74 Å². The first-order chi connectivity index (χ1) is 19.5. The van der Waals surface area contributed by atoms with Crippen LogP contribution in [0.15, 0.2) is 95.2 Å². The molecular weight excluding hydrogens is 506 g/mol. The molecule has 10 heteroatoms. The standard InChI is InChI=1S/C30H25N7O3/c1-3-40-30-32-15-20(16-33-30)22-11-7-8-19-14-23(37(29(39)25(19)22)21-9-5-4-6-10-21)18(2)36-28-26-24(38)12-13-31-27(26)34-17-35-28/h4-18H,3H2,1-2H3,(H2,31,34,35,36,38)/t18-/m0/s1. The van der Waals surface area contributed by atoms with Crippen LogP contribution in [-0.4, -0.2) is 36.1 Å². The number of hydrogen-bond donors (Lipinski definition) is 2. The Balaban J connectivity index is 1.54. The minimum absolute atomic E-state index is 0.192. The van der Waals surface area contributed by atoms with Gasteiger partial charge in [-0.3, -0.25) is 14.2 Å². The minimum atomic E-state index is -0.410. The molecule has 6 aromatic rings. The Bertz CT molecular complexity index is 1950. The molecule has 0 radical (unpaired) electrons. The smallest absolute Gasteiger partial charge is 0.316 e. The van der Waals surface area contributed by atoms with E-state index in [0.717, 1.165) is 10.9 Å². The Morgan fingerprint density at radius 2 is 1.75 bits per heavy atom. The summed E-state index contributed by atoms with van der Waals surface area (Å²) in [6.07, 6.45) is 6.27. The van der Waals surface area contributed by atoms with Gasteiger partial charge in [-0.25, -0.2) is 19.9 Å². The Labute approximate surface area is 228 Å². The molecule has 0 unspecified atom stereocenters. The highest BCUT2D eigenvalue weighted by molar-refractivity contribution is 5.96. The van der Waals surface area contributed by atoms with E-state index < -0.39 is 6.04 Å². The molecule has 0 aliphatic heterocycles. The van der Waals surface area contributed by atoms with Crippen LogP contribution in [0.3, 0.4) is 0 Å². The molecule has 40 heavy (non-hydrogen) atoms. The van der Waals surface area contributed by atoms with Gasteiger partial charge in [-0.15, -0.1) is 0 Å². The summed E-state index contributed by atoms with van der Waals surface area (Å²) in [7, 11) is 0. The third kappa shape index (κ3) is 4.45. The number of aromatic nitrogens is 6. The topological polar surface area (TPSA) is 128 Å². The second-order valence-corrected chi connectivity index (χ2v) is 9.16. The third-order valence-electron chi connectivity index (χ3n) is 6.65. The Morgan fingerprint density at radius 3 is 2.52 bits per heavy atom. The molecule has 0 aliphatic carbocycles. The van der Waals surface area contributed by atoms with Crippen LogP contribution in [-0.2, 0) is 0 Å². The quantitative estimate of drug-likeness (QED) is 0.305. The number of benzene rings is 2. The zero-order valence-electron chi connectivity index (χ0n) is 21.8. The highest BCUT2D eigenvalue weighted by Gasteiger charge is 2.20. The van der Waals surface area contributed by atoms with Gasteiger partial charge in [-0.2, -0.15) is 0 Å². The van der Waals surface area contributed by atoms with Gasteiger partial charge in [-0.1, -0.05) is 36.4 Å². The number of H-pyrrole nitrogens is 1. The van der Waals surface area contributed by atoms with Crippen LogP contribution < -0.4 is 21.0 Å². The molecule has 1 atom stereocenters. The average Bonchev–Trinajstić information content (AvgIpc) is 2.98. The highest BCUT2D eigenvalue weighted by atomic mass is 16.5. The summed E-state index contributed by atoms with van der Waals surface area (Å²) >= 11 is 0. The number of hydrogen-bond acceptors (Lipinski definition) is 8. The predicted octanol–water partition coefficient (Wildman–Crippen LogP) is 4.65. The van der Waals surface area contributed by atoms with Crippen molar-refractivity contribution in [3.05, 3.63) is 112 Å². The lowest BCUT2D eigenvalue weighted by Crippen LogP contribution is -2.26. The van der Waals surface area contributed by atoms with E-state index in [1.807, 2.05) is 68.4 Å². The van der Waals surface area contributed by atoms with Gasteiger partial charge < -0.3 is 15.0 Å². The fourth-order valence-corrected chi connectivity index (χ4v) is 4.84. The SMILES string of the molecule is CCOc1ncc(-c2cccc3cc([C@H](C)Nc4ncnc5[nH]ccc(=O)c45)n(-c4ccccc4)c(=O)c23)cn1. The van der Waals surface area contributed by atoms with Crippen LogP contribution in [0.1, 0.15) is 25.6 Å². The maximum absolute atomic E-state index is 14.3. The second kappa shape index (κ2) is 10.4. The molecule has 0 saturated heterocycles. The summed E-state index contributed by atoms with van der Waals surface area (Å²) in [5, 5.41) is 5.00. The molecule has 4 aromatic heterocycles. The van der Waals surface area contributed by atoms with Crippen molar-refractivity contribution in [2.75, 3.05) is 11.9 Å². The van der Waals surface area contributed by atoms with Crippen LogP contribution in [0.25, 0.3) is 38.6 Å².